The number of para-hydroxylation sites is 2. The summed E-state index contributed by atoms with van der Waals surface area (Å²) in [7, 11) is 0. The Morgan fingerprint density at radius 2 is 2.04 bits per heavy atom. The Hall–Kier alpha value is -2.99. The van der Waals surface area contributed by atoms with Crippen molar-refractivity contribution in [2.24, 2.45) is 0 Å². The molecule has 0 aliphatic carbocycles. The maximum Gasteiger partial charge on any atom is 0.235 e. The summed E-state index contributed by atoms with van der Waals surface area (Å²) < 4.78 is 7.66. The summed E-state index contributed by atoms with van der Waals surface area (Å²) >= 11 is 0. The number of aromatic nitrogens is 4. The Labute approximate surface area is 150 Å². The molecule has 0 bridgehead atoms. The molecule has 4 aromatic rings. The molecule has 5 rings (SSSR count). The summed E-state index contributed by atoms with van der Waals surface area (Å²) in [5.41, 5.74) is 4.24. The van der Waals surface area contributed by atoms with Gasteiger partial charge in [0.1, 0.15) is 0 Å². The fraction of sp³-hybridized carbons (Fsp3) is 0.250. The van der Waals surface area contributed by atoms with Gasteiger partial charge in [-0.2, -0.15) is 4.98 Å². The van der Waals surface area contributed by atoms with E-state index in [-0.39, 0.29) is 5.41 Å². The maximum atomic E-state index is 5.51. The quantitative estimate of drug-likeness (QED) is 0.616. The zero-order chi connectivity index (χ0) is 17.6. The molecule has 1 aliphatic heterocycles. The molecule has 0 atom stereocenters. The first kappa shape index (κ1) is 15.3. The number of benzene rings is 2. The van der Waals surface area contributed by atoms with Crippen molar-refractivity contribution in [3.63, 3.8) is 0 Å². The highest BCUT2D eigenvalue weighted by molar-refractivity contribution is 5.75. The molecule has 130 valence electrons. The molecule has 0 unspecified atom stereocenters. The van der Waals surface area contributed by atoms with Gasteiger partial charge in [0, 0.05) is 25.2 Å². The molecule has 0 amide bonds. The molecule has 2 aromatic carbocycles. The SMILES string of the molecule is CC1(c2nc(-c3cccc(Cn4cnc5ccccc54)c3)no2)CNC1. The fourth-order valence-corrected chi connectivity index (χ4v) is 3.38. The number of nitrogens with one attached hydrogen (secondary N) is 1. The van der Waals surface area contributed by atoms with E-state index in [4.69, 9.17) is 4.52 Å². The van der Waals surface area contributed by atoms with E-state index in [1.807, 2.05) is 36.7 Å². The highest BCUT2D eigenvalue weighted by atomic mass is 16.5. The van der Waals surface area contributed by atoms with Crippen molar-refractivity contribution < 1.29 is 4.52 Å². The molecule has 1 N–H and O–H groups in total. The summed E-state index contributed by atoms with van der Waals surface area (Å²) in [5.74, 6) is 1.35. The topological polar surface area (TPSA) is 68.8 Å². The second-order valence-electron chi connectivity index (χ2n) is 7.15. The normalized spacial score (nSPS) is 15.9. The van der Waals surface area contributed by atoms with E-state index in [1.54, 1.807) is 0 Å². The standard InChI is InChI=1S/C20H19N5O/c1-20(11-21-12-20)19-23-18(24-26-19)15-6-4-5-14(9-15)10-25-13-22-16-7-2-3-8-17(16)25/h2-9,13,21H,10-12H2,1H3. The lowest BCUT2D eigenvalue weighted by atomic mass is 9.84. The van der Waals surface area contributed by atoms with Crippen molar-refractivity contribution in [3.05, 3.63) is 66.3 Å². The van der Waals surface area contributed by atoms with Crippen LogP contribution in [0.3, 0.4) is 0 Å². The number of fused-ring (bicyclic) bond motifs is 1. The van der Waals surface area contributed by atoms with E-state index in [2.05, 4.69) is 50.1 Å². The van der Waals surface area contributed by atoms with Crippen LogP contribution >= 0.6 is 0 Å². The Balaban J connectivity index is 1.44. The third-order valence-corrected chi connectivity index (χ3v) is 5.04. The summed E-state index contributed by atoms with van der Waals surface area (Å²) in [4.78, 5) is 9.08. The first-order chi connectivity index (χ1) is 12.7. The minimum Gasteiger partial charge on any atom is -0.338 e. The van der Waals surface area contributed by atoms with Gasteiger partial charge in [0.05, 0.1) is 22.8 Å². The van der Waals surface area contributed by atoms with Crippen molar-refractivity contribution in [2.75, 3.05) is 13.1 Å². The third kappa shape index (κ3) is 2.50. The zero-order valence-electron chi connectivity index (χ0n) is 14.5. The smallest absolute Gasteiger partial charge is 0.235 e. The lowest BCUT2D eigenvalue weighted by molar-refractivity contribution is 0.219. The van der Waals surface area contributed by atoms with Crippen LogP contribution in [0.4, 0.5) is 0 Å². The number of imidazole rings is 1. The Morgan fingerprint density at radius 3 is 2.88 bits per heavy atom. The molecular weight excluding hydrogens is 326 g/mol. The van der Waals surface area contributed by atoms with Gasteiger partial charge in [-0.1, -0.05) is 35.5 Å². The van der Waals surface area contributed by atoms with E-state index in [1.165, 1.54) is 5.56 Å². The van der Waals surface area contributed by atoms with Gasteiger partial charge in [-0.05, 0) is 30.7 Å². The number of rotatable bonds is 4. The average Bonchev–Trinajstić information content (AvgIpc) is 3.28. The van der Waals surface area contributed by atoms with Gasteiger partial charge in [-0.15, -0.1) is 0 Å². The van der Waals surface area contributed by atoms with Gasteiger partial charge in [-0.25, -0.2) is 4.98 Å². The van der Waals surface area contributed by atoms with E-state index in [0.717, 1.165) is 36.2 Å². The Kier molecular flexibility index (Phi) is 3.39. The molecule has 0 spiro atoms. The molecule has 1 fully saturated rings. The molecule has 0 saturated carbocycles. The summed E-state index contributed by atoms with van der Waals surface area (Å²) in [5, 5.41) is 7.45. The lowest BCUT2D eigenvalue weighted by Gasteiger charge is -2.35. The second kappa shape index (κ2) is 5.78. The number of nitrogens with zero attached hydrogens (tertiary/aromatic N) is 4. The van der Waals surface area contributed by atoms with Crippen LogP contribution in [0, 0.1) is 0 Å². The molecule has 1 saturated heterocycles. The van der Waals surface area contributed by atoms with Gasteiger partial charge in [0.2, 0.25) is 11.7 Å². The average molecular weight is 345 g/mol. The number of hydrogen-bond acceptors (Lipinski definition) is 5. The van der Waals surface area contributed by atoms with E-state index >= 15 is 0 Å². The highest BCUT2D eigenvalue weighted by Crippen LogP contribution is 2.28. The van der Waals surface area contributed by atoms with Crippen molar-refractivity contribution in [1.29, 1.82) is 0 Å². The molecule has 3 heterocycles. The largest absolute Gasteiger partial charge is 0.338 e. The van der Waals surface area contributed by atoms with Gasteiger partial charge in [-0.3, -0.25) is 0 Å². The molecule has 2 aromatic heterocycles. The number of hydrogen-bond donors (Lipinski definition) is 1. The predicted octanol–water partition coefficient (Wildman–Crippen LogP) is 3.00. The third-order valence-electron chi connectivity index (χ3n) is 5.04. The van der Waals surface area contributed by atoms with Crippen LogP contribution in [0.15, 0.2) is 59.4 Å². The van der Waals surface area contributed by atoms with Gasteiger partial charge >= 0.3 is 0 Å². The van der Waals surface area contributed by atoms with Crippen molar-refractivity contribution in [3.8, 4) is 11.4 Å². The minimum absolute atomic E-state index is 0.0431. The van der Waals surface area contributed by atoms with Crippen LogP contribution in [-0.4, -0.2) is 32.8 Å². The first-order valence-electron chi connectivity index (χ1n) is 8.75. The van der Waals surface area contributed by atoms with E-state index < -0.39 is 0 Å². The van der Waals surface area contributed by atoms with Crippen molar-refractivity contribution in [1.82, 2.24) is 25.0 Å². The highest BCUT2D eigenvalue weighted by Gasteiger charge is 2.39. The van der Waals surface area contributed by atoms with Crippen LogP contribution in [0.1, 0.15) is 18.4 Å². The van der Waals surface area contributed by atoms with Gasteiger partial charge in [0.25, 0.3) is 0 Å². The molecule has 0 radical (unpaired) electrons. The monoisotopic (exact) mass is 345 g/mol. The Bertz CT molecular complexity index is 1080. The molecule has 6 heteroatoms. The van der Waals surface area contributed by atoms with Crippen LogP contribution in [0.25, 0.3) is 22.4 Å². The van der Waals surface area contributed by atoms with E-state index in [0.29, 0.717) is 11.7 Å². The zero-order valence-corrected chi connectivity index (χ0v) is 14.5. The second-order valence-corrected chi connectivity index (χ2v) is 7.15. The van der Waals surface area contributed by atoms with Gasteiger partial charge < -0.3 is 14.4 Å². The van der Waals surface area contributed by atoms with Crippen molar-refractivity contribution >= 4 is 11.0 Å². The van der Waals surface area contributed by atoms with Crippen molar-refractivity contribution in [2.45, 2.75) is 18.9 Å². The first-order valence-corrected chi connectivity index (χ1v) is 8.75. The van der Waals surface area contributed by atoms with Gasteiger partial charge in [0.15, 0.2) is 0 Å². The lowest BCUT2D eigenvalue weighted by Crippen LogP contribution is -2.54. The molecule has 1 aliphatic rings. The summed E-state index contributed by atoms with van der Waals surface area (Å²) in [6, 6.07) is 16.4. The molecule has 26 heavy (non-hydrogen) atoms. The minimum atomic E-state index is -0.0431. The Morgan fingerprint density at radius 1 is 1.15 bits per heavy atom. The maximum absolute atomic E-state index is 5.51. The molecule has 6 nitrogen and oxygen atoms in total. The van der Waals surface area contributed by atoms with Crippen LogP contribution in [0.5, 0.6) is 0 Å². The predicted molar refractivity (Wildman–Crippen MR) is 98.8 cm³/mol. The summed E-state index contributed by atoms with van der Waals surface area (Å²) in [6.45, 7) is 4.65. The van der Waals surface area contributed by atoms with E-state index in [9.17, 15) is 0 Å². The fourth-order valence-electron chi connectivity index (χ4n) is 3.38. The van der Waals surface area contributed by atoms with Crippen LogP contribution < -0.4 is 5.32 Å². The molecular formula is C20H19N5O. The van der Waals surface area contributed by atoms with Crippen LogP contribution in [-0.2, 0) is 12.0 Å². The van der Waals surface area contributed by atoms with Crippen LogP contribution in [0.2, 0.25) is 0 Å². The summed E-state index contributed by atoms with van der Waals surface area (Å²) in [6.07, 6.45) is 1.88.